The van der Waals surface area contributed by atoms with Gasteiger partial charge in [-0.15, -0.1) is 0 Å². The molecule has 0 aliphatic heterocycles. The maximum absolute atomic E-state index is 13.0. The van der Waals surface area contributed by atoms with Crippen molar-refractivity contribution < 1.29 is 18.4 Å². The number of nitrogens with one attached hydrogen (secondary N) is 1. The van der Waals surface area contributed by atoms with E-state index in [9.17, 15) is 14.0 Å². The van der Waals surface area contributed by atoms with Crippen LogP contribution in [0.1, 0.15) is 35.9 Å². The smallest absolute Gasteiger partial charge is 0.287 e. The van der Waals surface area contributed by atoms with Crippen LogP contribution in [-0.2, 0) is 11.3 Å². The first-order valence-electron chi connectivity index (χ1n) is 7.94. The standard InChI is InChI=1S/C18H19FN2O3/c1-12(20-17(22)16-3-2-10-24-16)18(23)21(15-8-9-15)11-13-4-6-14(19)7-5-13/h2-7,10,12,15H,8-9,11H2,1H3,(H,20,22). The summed E-state index contributed by atoms with van der Waals surface area (Å²) < 4.78 is 18.1. The van der Waals surface area contributed by atoms with E-state index in [0.717, 1.165) is 18.4 Å². The van der Waals surface area contributed by atoms with Crippen LogP contribution in [0.4, 0.5) is 4.39 Å². The normalized spacial score (nSPS) is 14.9. The Balaban J connectivity index is 1.65. The molecule has 1 aromatic heterocycles. The van der Waals surface area contributed by atoms with E-state index in [2.05, 4.69) is 5.32 Å². The molecule has 1 aliphatic rings. The molecule has 24 heavy (non-hydrogen) atoms. The van der Waals surface area contributed by atoms with Crippen LogP contribution in [0.2, 0.25) is 0 Å². The Labute approximate surface area is 139 Å². The van der Waals surface area contributed by atoms with E-state index in [1.54, 1.807) is 36.1 Å². The number of amides is 2. The molecule has 3 rings (SSSR count). The summed E-state index contributed by atoms with van der Waals surface area (Å²) in [4.78, 5) is 26.5. The number of carbonyl (C=O) groups is 2. The highest BCUT2D eigenvalue weighted by atomic mass is 19.1. The van der Waals surface area contributed by atoms with Crippen LogP contribution < -0.4 is 5.32 Å². The minimum atomic E-state index is -0.663. The van der Waals surface area contributed by atoms with Crippen LogP contribution in [0.3, 0.4) is 0 Å². The number of hydrogen-bond acceptors (Lipinski definition) is 3. The lowest BCUT2D eigenvalue weighted by Crippen LogP contribution is -2.47. The Morgan fingerprint density at radius 2 is 2.00 bits per heavy atom. The highest BCUT2D eigenvalue weighted by Crippen LogP contribution is 2.29. The van der Waals surface area contributed by atoms with Crippen molar-refractivity contribution in [3.8, 4) is 0 Å². The first-order chi connectivity index (χ1) is 11.5. The van der Waals surface area contributed by atoms with Crippen LogP contribution in [-0.4, -0.2) is 28.8 Å². The number of halogens is 1. The van der Waals surface area contributed by atoms with Gasteiger partial charge in [-0.25, -0.2) is 4.39 Å². The van der Waals surface area contributed by atoms with Gasteiger partial charge < -0.3 is 14.6 Å². The summed E-state index contributed by atoms with van der Waals surface area (Å²) in [5.41, 5.74) is 0.862. The SMILES string of the molecule is CC(NC(=O)c1ccco1)C(=O)N(Cc1ccc(F)cc1)C1CC1. The van der Waals surface area contributed by atoms with E-state index in [1.165, 1.54) is 18.4 Å². The Kier molecular flexibility index (Phi) is 4.64. The molecule has 6 heteroatoms. The quantitative estimate of drug-likeness (QED) is 0.886. The Morgan fingerprint density at radius 3 is 2.58 bits per heavy atom. The van der Waals surface area contributed by atoms with Crippen molar-refractivity contribution in [2.24, 2.45) is 0 Å². The highest BCUT2D eigenvalue weighted by molar-refractivity contribution is 5.95. The topological polar surface area (TPSA) is 62.6 Å². The van der Waals surface area contributed by atoms with Gasteiger partial charge in [-0.2, -0.15) is 0 Å². The van der Waals surface area contributed by atoms with Crippen molar-refractivity contribution in [3.05, 3.63) is 59.8 Å². The maximum atomic E-state index is 13.0. The highest BCUT2D eigenvalue weighted by Gasteiger charge is 2.35. The molecular weight excluding hydrogens is 311 g/mol. The second-order valence-electron chi connectivity index (χ2n) is 6.00. The summed E-state index contributed by atoms with van der Waals surface area (Å²) in [6, 6.07) is 8.79. The number of hydrogen-bond donors (Lipinski definition) is 1. The number of benzene rings is 1. The van der Waals surface area contributed by atoms with Gasteiger partial charge in [-0.05, 0) is 49.6 Å². The molecule has 0 radical (unpaired) electrons. The van der Waals surface area contributed by atoms with Gasteiger partial charge in [0.1, 0.15) is 11.9 Å². The zero-order valence-electron chi connectivity index (χ0n) is 13.4. The van der Waals surface area contributed by atoms with E-state index >= 15 is 0 Å². The van der Waals surface area contributed by atoms with E-state index in [-0.39, 0.29) is 23.5 Å². The predicted molar refractivity (Wildman–Crippen MR) is 85.6 cm³/mol. The van der Waals surface area contributed by atoms with Gasteiger partial charge in [0.25, 0.3) is 5.91 Å². The van der Waals surface area contributed by atoms with E-state index in [4.69, 9.17) is 4.42 Å². The number of carbonyl (C=O) groups excluding carboxylic acids is 2. The average Bonchev–Trinajstić information content (AvgIpc) is 3.26. The molecule has 2 aromatic rings. The molecule has 1 saturated carbocycles. The zero-order chi connectivity index (χ0) is 17.1. The molecule has 1 aliphatic carbocycles. The summed E-state index contributed by atoms with van der Waals surface area (Å²) in [5.74, 6) is -0.701. The molecular formula is C18H19FN2O3. The summed E-state index contributed by atoms with van der Waals surface area (Å²) in [6.45, 7) is 2.06. The first kappa shape index (κ1) is 16.2. The lowest BCUT2D eigenvalue weighted by molar-refractivity contribution is -0.134. The van der Waals surface area contributed by atoms with Crippen molar-refractivity contribution in [1.29, 1.82) is 0 Å². The van der Waals surface area contributed by atoms with Gasteiger partial charge in [0.2, 0.25) is 5.91 Å². The van der Waals surface area contributed by atoms with E-state index in [0.29, 0.717) is 6.54 Å². The molecule has 2 amide bonds. The number of rotatable bonds is 6. The van der Waals surface area contributed by atoms with Gasteiger partial charge in [-0.3, -0.25) is 9.59 Å². The van der Waals surface area contributed by atoms with Crippen LogP contribution in [0.5, 0.6) is 0 Å². The van der Waals surface area contributed by atoms with Crippen LogP contribution in [0, 0.1) is 5.82 Å². The van der Waals surface area contributed by atoms with Crippen LogP contribution >= 0.6 is 0 Å². The van der Waals surface area contributed by atoms with Crippen molar-refractivity contribution >= 4 is 11.8 Å². The summed E-state index contributed by atoms with van der Waals surface area (Å²) in [7, 11) is 0. The molecule has 126 valence electrons. The molecule has 1 heterocycles. The van der Waals surface area contributed by atoms with Crippen molar-refractivity contribution in [1.82, 2.24) is 10.2 Å². The third kappa shape index (κ3) is 3.82. The lowest BCUT2D eigenvalue weighted by Gasteiger charge is -2.26. The summed E-state index contributed by atoms with van der Waals surface area (Å²) in [5, 5.41) is 2.66. The van der Waals surface area contributed by atoms with Crippen LogP contribution in [0.25, 0.3) is 0 Å². The maximum Gasteiger partial charge on any atom is 0.287 e. The van der Waals surface area contributed by atoms with Gasteiger partial charge in [0.15, 0.2) is 5.76 Å². The summed E-state index contributed by atoms with van der Waals surface area (Å²) >= 11 is 0. The van der Waals surface area contributed by atoms with Gasteiger partial charge in [-0.1, -0.05) is 12.1 Å². The minimum Gasteiger partial charge on any atom is -0.459 e. The van der Waals surface area contributed by atoms with Gasteiger partial charge in [0.05, 0.1) is 6.26 Å². The minimum absolute atomic E-state index is 0.151. The first-order valence-corrected chi connectivity index (χ1v) is 7.94. The van der Waals surface area contributed by atoms with Crippen molar-refractivity contribution in [2.45, 2.75) is 38.4 Å². The molecule has 0 spiro atoms. The largest absolute Gasteiger partial charge is 0.459 e. The molecule has 1 N–H and O–H groups in total. The Bertz CT molecular complexity index is 708. The van der Waals surface area contributed by atoms with Crippen LogP contribution in [0.15, 0.2) is 47.1 Å². The number of nitrogens with zero attached hydrogens (tertiary/aromatic N) is 1. The van der Waals surface area contributed by atoms with E-state index < -0.39 is 11.9 Å². The fourth-order valence-corrected chi connectivity index (χ4v) is 2.55. The second-order valence-corrected chi connectivity index (χ2v) is 6.00. The monoisotopic (exact) mass is 330 g/mol. The molecule has 1 fully saturated rings. The fraction of sp³-hybridized carbons (Fsp3) is 0.333. The molecule has 5 nitrogen and oxygen atoms in total. The molecule has 1 unspecified atom stereocenters. The van der Waals surface area contributed by atoms with Crippen molar-refractivity contribution in [3.63, 3.8) is 0 Å². The van der Waals surface area contributed by atoms with Gasteiger partial charge >= 0.3 is 0 Å². The lowest BCUT2D eigenvalue weighted by atomic mass is 10.2. The molecule has 1 aromatic carbocycles. The molecule has 1 atom stereocenters. The Hall–Kier alpha value is -2.63. The average molecular weight is 330 g/mol. The molecule has 0 saturated heterocycles. The predicted octanol–water partition coefficient (Wildman–Crippen LogP) is 2.73. The summed E-state index contributed by atoms with van der Waals surface area (Å²) in [6.07, 6.45) is 3.31. The van der Waals surface area contributed by atoms with Crippen molar-refractivity contribution in [2.75, 3.05) is 0 Å². The Morgan fingerprint density at radius 1 is 1.29 bits per heavy atom. The third-order valence-corrected chi connectivity index (χ3v) is 4.00. The molecule has 0 bridgehead atoms. The zero-order valence-corrected chi connectivity index (χ0v) is 13.4. The third-order valence-electron chi connectivity index (χ3n) is 4.00. The number of furan rings is 1. The fourth-order valence-electron chi connectivity index (χ4n) is 2.55. The second kappa shape index (κ2) is 6.86. The van der Waals surface area contributed by atoms with Gasteiger partial charge in [0, 0.05) is 12.6 Å². The van der Waals surface area contributed by atoms with E-state index in [1.807, 2.05) is 0 Å².